The van der Waals surface area contributed by atoms with E-state index in [2.05, 4.69) is 31.4 Å². The number of rotatable bonds is 3. The molecule has 0 unspecified atom stereocenters. The number of carbonyl (C=O) groups excluding carboxylic acids is 1. The van der Waals surface area contributed by atoms with Crippen molar-refractivity contribution in [1.82, 2.24) is 19.6 Å². The average Bonchev–Trinajstić information content (AvgIpc) is 3.15. The van der Waals surface area contributed by atoms with Crippen molar-refractivity contribution in [3.8, 4) is 11.8 Å². The third kappa shape index (κ3) is 3.43. The Balaban J connectivity index is 2.03. The molecule has 11 heteroatoms. The molecule has 1 amide bonds. The molecule has 0 aliphatic rings. The van der Waals surface area contributed by atoms with Gasteiger partial charge in [0, 0.05) is 7.05 Å². The van der Waals surface area contributed by atoms with Gasteiger partial charge in [-0.1, -0.05) is 18.2 Å². The molecular formula is C16H10BrF3N6O. The fourth-order valence-corrected chi connectivity index (χ4v) is 3.15. The Kier molecular flexibility index (Phi) is 4.75. The van der Waals surface area contributed by atoms with Crippen LogP contribution < -0.4 is 5.32 Å². The molecular weight excluding hydrogens is 429 g/mol. The molecule has 0 bridgehead atoms. The van der Waals surface area contributed by atoms with Crippen LogP contribution in [0.3, 0.4) is 0 Å². The quantitative estimate of drug-likeness (QED) is 0.677. The maximum atomic E-state index is 13.0. The van der Waals surface area contributed by atoms with Crippen LogP contribution in [-0.4, -0.2) is 25.5 Å². The van der Waals surface area contributed by atoms with Gasteiger partial charge >= 0.3 is 6.18 Å². The molecule has 138 valence electrons. The topological polar surface area (TPSA) is 88.5 Å². The first-order valence-corrected chi connectivity index (χ1v) is 8.18. The highest BCUT2D eigenvalue weighted by atomic mass is 79.9. The fraction of sp³-hybridized carbons (Fsp3) is 0.125. The second-order valence-electron chi connectivity index (χ2n) is 5.35. The van der Waals surface area contributed by atoms with Crippen molar-refractivity contribution in [1.29, 1.82) is 5.26 Å². The average molecular weight is 439 g/mol. The van der Waals surface area contributed by atoms with Gasteiger partial charge in [-0.25, -0.2) is 4.68 Å². The van der Waals surface area contributed by atoms with Crippen LogP contribution in [0.1, 0.15) is 21.7 Å². The van der Waals surface area contributed by atoms with E-state index in [-0.39, 0.29) is 17.1 Å². The summed E-state index contributed by atoms with van der Waals surface area (Å²) in [5, 5.41) is 19.1. The molecule has 0 fully saturated rings. The molecule has 0 spiro atoms. The second-order valence-corrected chi connectivity index (χ2v) is 6.15. The lowest BCUT2D eigenvalue weighted by atomic mass is 10.3. The summed E-state index contributed by atoms with van der Waals surface area (Å²) in [6.45, 7) is 0. The largest absolute Gasteiger partial charge is 0.436 e. The van der Waals surface area contributed by atoms with Gasteiger partial charge in [-0.3, -0.25) is 9.48 Å². The van der Waals surface area contributed by atoms with Crippen molar-refractivity contribution >= 4 is 27.7 Å². The smallest absolute Gasteiger partial charge is 0.304 e. The van der Waals surface area contributed by atoms with Gasteiger partial charge in [0.25, 0.3) is 5.91 Å². The van der Waals surface area contributed by atoms with E-state index in [1.807, 2.05) is 6.07 Å². The number of aryl methyl sites for hydroxylation is 1. The Hall–Kier alpha value is -3.13. The van der Waals surface area contributed by atoms with E-state index in [4.69, 9.17) is 0 Å². The van der Waals surface area contributed by atoms with Gasteiger partial charge in [0.05, 0.1) is 16.4 Å². The highest BCUT2D eigenvalue weighted by molar-refractivity contribution is 9.10. The number of benzene rings is 1. The predicted octanol–water partition coefficient (Wildman–Crippen LogP) is 3.51. The zero-order valence-electron chi connectivity index (χ0n) is 13.6. The Morgan fingerprint density at radius 3 is 2.52 bits per heavy atom. The third-order valence-corrected chi connectivity index (χ3v) is 4.35. The SMILES string of the molecule is Cn1nc(C(F)(F)F)c(Br)c1C(=O)Nc1c(C#N)cnn1-c1ccccc1. The summed E-state index contributed by atoms with van der Waals surface area (Å²) in [4.78, 5) is 12.6. The van der Waals surface area contributed by atoms with Gasteiger partial charge in [-0.2, -0.15) is 28.6 Å². The molecule has 1 N–H and O–H groups in total. The van der Waals surface area contributed by atoms with E-state index in [0.717, 1.165) is 4.68 Å². The molecule has 7 nitrogen and oxygen atoms in total. The molecule has 3 aromatic rings. The van der Waals surface area contributed by atoms with Crippen molar-refractivity contribution in [2.45, 2.75) is 6.18 Å². The molecule has 2 aromatic heterocycles. The lowest BCUT2D eigenvalue weighted by Gasteiger charge is -2.10. The van der Waals surface area contributed by atoms with Crippen LogP contribution in [0, 0.1) is 11.3 Å². The van der Waals surface area contributed by atoms with Crippen LogP contribution in [0.25, 0.3) is 5.69 Å². The Morgan fingerprint density at radius 1 is 1.30 bits per heavy atom. The number of para-hydroxylation sites is 1. The van der Waals surface area contributed by atoms with Crippen LogP contribution >= 0.6 is 15.9 Å². The summed E-state index contributed by atoms with van der Waals surface area (Å²) >= 11 is 2.79. The van der Waals surface area contributed by atoms with Gasteiger partial charge in [0.15, 0.2) is 11.5 Å². The van der Waals surface area contributed by atoms with Crippen LogP contribution in [0.4, 0.5) is 19.0 Å². The van der Waals surface area contributed by atoms with E-state index >= 15 is 0 Å². The number of hydrogen-bond acceptors (Lipinski definition) is 4. The number of hydrogen-bond donors (Lipinski definition) is 1. The van der Waals surface area contributed by atoms with E-state index in [1.54, 1.807) is 30.3 Å². The molecule has 2 heterocycles. The number of halogens is 4. The first-order chi connectivity index (χ1) is 12.7. The first-order valence-electron chi connectivity index (χ1n) is 7.38. The van der Waals surface area contributed by atoms with Crippen molar-refractivity contribution in [3.05, 3.63) is 58.0 Å². The fourth-order valence-electron chi connectivity index (χ4n) is 2.41. The molecule has 0 atom stereocenters. The number of nitriles is 1. The van der Waals surface area contributed by atoms with E-state index < -0.39 is 22.3 Å². The van der Waals surface area contributed by atoms with Crippen LogP contribution in [0.15, 0.2) is 41.0 Å². The molecule has 0 aliphatic carbocycles. The lowest BCUT2D eigenvalue weighted by Crippen LogP contribution is -2.19. The monoisotopic (exact) mass is 438 g/mol. The second kappa shape index (κ2) is 6.88. The van der Waals surface area contributed by atoms with Crippen molar-refractivity contribution < 1.29 is 18.0 Å². The van der Waals surface area contributed by atoms with Crippen LogP contribution in [0.2, 0.25) is 0 Å². The van der Waals surface area contributed by atoms with Crippen molar-refractivity contribution in [3.63, 3.8) is 0 Å². The number of nitrogens with one attached hydrogen (secondary N) is 1. The molecule has 0 saturated heterocycles. The molecule has 3 rings (SSSR count). The molecule has 0 radical (unpaired) electrons. The van der Waals surface area contributed by atoms with Gasteiger partial charge in [-0.05, 0) is 28.1 Å². The number of carbonyl (C=O) groups is 1. The first kappa shape index (κ1) is 18.7. The lowest BCUT2D eigenvalue weighted by molar-refractivity contribution is -0.142. The number of aromatic nitrogens is 4. The Labute approximate surface area is 159 Å². The van der Waals surface area contributed by atoms with Crippen molar-refractivity contribution in [2.24, 2.45) is 7.05 Å². The minimum Gasteiger partial charge on any atom is -0.304 e. The van der Waals surface area contributed by atoms with Gasteiger partial charge in [0.1, 0.15) is 17.3 Å². The number of amides is 1. The minimum absolute atomic E-state index is 0.0374. The number of nitrogens with zero attached hydrogens (tertiary/aromatic N) is 5. The van der Waals surface area contributed by atoms with Gasteiger partial charge in [-0.15, -0.1) is 0 Å². The standard InChI is InChI=1S/C16H10BrF3N6O/c1-25-12(11(17)13(24-25)16(18,19)20)15(27)23-14-9(7-21)8-22-26(14)10-5-3-2-4-6-10/h2-6,8H,1H3,(H,23,27). The predicted molar refractivity (Wildman–Crippen MR) is 92.1 cm³/mol. The summed E-state index contributed by atoms with van der Waals surface area (Å²) in [6, 6.07) is 10.5. The summed E-state index contributed by atoms with van der Waals surface area (Å²) in [7, 11) is 1.22. The highest BCUT2D eigenvalue weighted by Gasteiger charge is 2.39. The zero-order valence-corrected chi connectivity index (χ0v) is 15.2. The zero-order chi connectivity index (χ0) is 19.8. The normalized spacial score (nSPS) is 11.3. The third-order valence-electron chi connectivity index (χ3n) is 3.60. The van der Waals surface area contributed by atoms with Crippen LogP contribution in [-0.2, 0) is 13.2 Å². The molecule has 0 saturated carbocycles. The van der Waals surface area contributed by atoms with E-state index in [9.17, 15) is 23.2 Å². The number of alkyl halides is 3. The maximum Gasteiger partial charge on any atom is 0.436 e. The molecule has 27 heavy (non-hydrogen) atoms. The summed E-state index contributed by atoms with van der Waals surface area (Å²) in [5.74, 6) is -0.836. The van der Waals surface area contributed by atoms with Gasteiger partial charge < -0.3 is 5.32 Å². The highest BCUT2D eigenvalue weighted by Crippen LogP contribution is 2.36. The van der Waals surface area contributed by atoms with Gasteiger partial charge in [0.2, 0.25) is 0 Å². The summed E-state index contributed by atoms with van der Waals surface area (Å²) in [5.41, 5.74) is -0.935. The Bertz CT molecular complexity index is 1050. The summed E-state index contributed by atoms with van der Waals surface area (Å²) in [6.07, 6.45) is -3.47. The van der Waals surface area contributed by atoms with E-state index in [1.165, 1.54) is 17.9 Å². The van der Waals surface area contributed by atoms with Crippen LogP contribution in [0.5, 0.6) is 0 Å². The minimum atomic E-state index is -4.72. The molecule has 0 aliphatic heterocycles. The maximum absolute atomic E-state index is 13.0. The molecule has 1 aromatic carbocycles. The summed E-state index contributed by atoms with van der Waals surface area (Å²) < 4.78 is 40.6. The van der Waals surface area contributed by atoms with E-state index in [0.29, 0.717) is 5.69 Å². The Morgan fingerprint density at radius 2 is 1.96 bits per heavy atom. The number of anilines is 1. The van der Waals surface area contributed by atoms with Crippen molar-refractivity contribution in [2.75, 3.05) is 5.32 Å².